The van der Waals surface area contributed by atoms with Crippen molar-refractivity contribution in [1.29, 1.82) is 0 Å². The highest BCUT2D eigenvalue weighted by Gasteiger charge is 2.27. The van der Waals surface area contributed by atoms with Crippen LogP contribution >= 0.6 is 22.6 Å². The van der Waals surface area contributed by atoms with Crippen LogP contribution in [0.4, 0.5) is 10.1 Å². The van der Waals surface area contributed by atoms with Gasteiger partial charge in [-0.25, -0.2) is 4.39 Å². The predicted octanol–water partition coefficient (Wildman–Crippen LogP) is 4.67. The van der Waals surface area contributed by atoms with E-state index in [0.29, 0.717) is 17.9 Å². The molecule has 1 aliphatic rings. The van der Waals surface area contributed by atoms with E-state index in [1.54, 1.807) is 6.07 Å². The molecule has 3 heteroatoms. The second-order valence-corrected chi connectivity index (χ2v) is 6.34. The summed E-state index contributed by atoms with van der Waals surface area (Å²) in [6.07, 6.45) is 3.92. The molecule has 1 fully saturated rings. The van der Waals surface area contributed by atoms with Gasteiger partial charge in [0, 0.05) is 15.3 Å². The highest BCUT2D eigenvalue weighted by Crippen LogP contribution is 2.32. The molecule has 0 spiro atoms. The molecule has 2 unspecified atom stereocenters. The first kappa shape index (κ1) is 13.1. The van der Waals surface area contributed by atoms with Crippen LogP contribution < -0.4 is 5.32 Å². The van der Waals surface area contributed by atoms with Crippen LogP contribution in [0.25, 0.3) is 0 Å². The lowest BCUT2D eigenvalue weighted by atomic mass is 9.78. The number of anilines is 1. The van der Waals surface area contributed by atoms with Crippen molar-refractivity contribution < 1.29 is 4.39 Å². The lowest BCUT2D eigenvalue weighted by Crippen LogP contribution is -2.37. The molecule has 1 nitrogen and oxygen atoms in total. The Labute approximate surface area is 116 Å². The summed E-state index contributed by atoms with van der Waals surface area (Å²) in [6, 6.07) is 5.48. The Morgan fingerprint density at radius 3 is 2.47 bits per heavy atom. The average Bonchev–Trinajstić information content (AvgIpc) is 2.26. The van der Waals surface area contributed by atoms with E-state index < -0.39 is 0 Å². The predicted molar refractivity (Wildman–Crippen MR) is 78.7 cm³/mol. The Morgan fingerprint density at radius 2 is 1.88 bits per heavy atom. The van der Waals surface area contributed by atoms with Gasteiger partial charge in [-0.2, -0.15) is 0 Å². The molecule has 1 N–H and O–H groups in total. The van der Waals surface area contributed by atoms with Crippen LogP contribution in [-0.2, 0) is 0 Å². The van der Waals surface area contributed by atoms with Gasteiger partial charge in [-0.15, -0.1) is 0 Å². The molecule has 94 valence electrons. The van der Waals surface area contributed by atoms with Crippen molar-refractivity contribution in [3.63, 3.8) is 0 Å². The van der Waals surface area contributed by atoms with E-state index in [-0.39, 0.29) is 5.82 Å². The summed E-state index contributed by atoms with van der Waals surface area (Å²) in [7, 11) is 0. The van der Waals surface area contributed by atoms with E-state index in [2.05, 4.69) is 41.8 Å². The molecule has 2 atom stereocenters. The maximum absolute atomic E-state index is 13.0. The van der Waals surface area contributed by atoms with E-state index >= 15 is 0 Å². The third-order valence-corrected chi connectivity index (χ3v) is 4.69. The van der Waals surface area contributed by atoms with Gasteiger partial charge in [0.1, 0.15) is 5.82 Å². The zero-order valence-electron chi connectivity index (χ0n) is 10.3. The molecule has 0 heterocycles. The molecule has 2 rings (SSSR count). The SMILES string of the molecule is CC1CCCC(C)C1Nc1ccc(F)cc1I. The molecule has 17 heavy (non-hydrogen) atoms. The van der Waals surface area contributed by atoms with Crippen LogP contribution in [0.1, 0.15) is 33.1 Å². The van der Waals surface area contributed by atoms with Gasteiger partial charge in [-0.05, 0) is 65.5 Å². The minimum absolute atomic E-state index is 0.162. The van der Waals surface area contributed by atoms with Crippen molar-refractivity contribution in [2.75, 3.05) is 5.32 Å². The lowest BCUT2D eigenvalue weighted by Gasteiger charge is -2.36. The van der Waals surface area contributed by atoms with E-state index in [1.165, 1.54) is 25.3 Å². The van der Waals surface area contributed by atoms with Gasteiger partial charge in [0.15, 0.2) is 0 Å². The van der Waals surface area contributed by atoms with Gasteiger partial charge in [0.2, 0.25) is 0 Å². The number of hydrogen-bond donors (Lipinski definition) is 1. The molecule has 1 aromatic carbocycles. The summed E-state index contributed by atoms with van der Waals surface area (Å²) in [5.41, 5.74) is 1.07. The molecule has 0 radical (unpaired) electrons. The normalized spacial score (nSPS) is 29.1. The number of benzene rings is 1. The maximum Gasteiger partial charge on any atom is 0.124 e. The molecular formula is C14H19FIN. The first-order valence-corrected chi connectivity index (χ1v) is 7.37. The molecule has 1 aromatic rings. The van der Waals surface area contributed by atoms with Gasteiger partial charge in [-0.1, -0.05) is 20.3 Å². The van der Waals surface area contributed by atoms with Crippen LogP contribution in [0.2, 0.25) is 0 Å². The highest BCUT2D eigenvalue weighted by atomic mass is 127. The quantitative estimate of drug-likeness (QED) is 0.767. The first-order valence-electron chi connectivity index (χ1n) is 6.29. The third-order valence-electron chi connectivity index (χ3n) is 3.80. The van der Waals surface area contributed by atoms with Crippen LogP contribution in [-0.4, -0.2) is 6.04 Å². The molecule has 1 saturated carbocycles. The first-order chi connectivity index (χ1) is 8.08. The Balaban J connectivity index is 2.13. The van der Waals surface area contributed by atoms with Crippen molar-refractivity contribution >= 4 is 28.3 Å². The van der Waals surface area contributed by atoms with Crippen molar-refractivity contribution in [2.24, 2.45) is 11.8 Å². The van der Waals surface area contributed by atoms with E-state index in [0.717, 1.165) is 9.26 Å². The molecule has 0 bridgehead atoms. The van der Waals surface area contributed by atoms with Crippen LogP contribution in [0.3, 0.4) is 0 Å². The fourth-order valence-electron chi connectivity index (χ4n) is 2.75. The minimum atomic E-state index is -0.162. The molecular weight excluding hydrogens is 328 g/mol. The fraction of sp³-hybridized carbons (Fsp3) is 0.571. The van der Waals surface area contributed by atoms with Crippen molar-refractivity contribution in [3.8, 4) is 0 Å². The molecule has 0 aliphatic heterocycles. The molecule has 0 saturated heterocycles. The second kappa shape index (κ2) is 5.55. The molecule has 1 aliphatic carbocycles. The number of hydrogen-bond acceptors (Lipinski definition) is 1. The summed E-state index contributed by atoms with van der Waals surface area (Å²) < 4.78 is 14.0. The second-order valence-electron chi connectivity index (χ2n) is 5.18. The van der Waals surface area contributed by atoms with E-state index in [9.17, 15) is 4.39 Å². The number of rotatable bonds is 2. The summed E-state index contributed by atoms with van der Waals surface area (Å²) in [4.78, 5) is 0. The molecule has 0 aromatic heterocycles. The number of halogens is 2. The van der Waals surface area contributed by atoms with Gasteiger partial charge in [0.25, 0.3) is 0 Å². The van der Waals surface area contributed by atoms with Crippen molar-refractivity contribution in [3.05, 3.63) is 27.6 Å². The minimum Gasteiger partial charge on any atom is -0.381 e. The average molecular weight is 347 g/mol. The third kappa shape index (κ3) is 3.12. The highest BCUT2D eigenvalue weighted by molar-refractivity contribution is 14.1. The zero-order valence-corrected chi connectivity index (χ0v) is 12.5. The Kier molecular flexibility index (Phi) is 4.28. The van der Waals surface area contributed by atoms with Gasteiger partial charge in [0.05, 0.1) is 0 Å². The lowest BCUT2D eigenvalue weighted by molar-refractivity contribution is 0.268. The van der Waals surface area contributed by atoms with E-state index in [1.807, 2.05) is 6.07 Å². The Bertz CT molecular complexity index is 384. The number of nitrogens with one attached hydrogen (secondary N) is 1. The van der Waals surface area contributed by atoms with Gasteiger partial charge >= 0.3 is 0 Å². The fourth-order valence-corrected chi connectivity index (χ4v) is 3.39. The molecule has 0 amide bonds. The topological polar surface area (TPSA) is 12.0 Å². The smallest absolute Gasteiger partial charge is 0.124 e. The van der Waals surface area contributed by atoms with E-state index in [4.69, 9.17) is 0 Å². The monoisotopic (exact) mass is 347 g/mol. The summed E-state index contributed by atoms with van der Waals surface area (Å²) in [5, 5.41) is 3.60. The standard InChI is InChI=1S/C14H19FIN/c1-9-4-3-5-10(2)14(9)17-13-7-6-11(15)8-12(13)16/h6-10,14,17H,3-5H2,1-2H3. The van der Waals surface area contributed by atoms with Crippen LogP contribution in [0.5, 0.6) is 0 Å². The largest absolute Gasteiger partial charge is 0.381 e. The van der Waals surface area contributed by atoms with Crippen LogP contribution in [0.15, 0.2) is 18.2 Å². The van der Waals surface area contributed by atoms with Crippen LogP contribution in [0, 0.1) is 21.2 Å². The maximum atomic E-state index is 13.0. The Morgan fingerprint density at radius 1 is 1.24 bits per heavy atom. The van der Waals surface area contributed by atoms with Crippen molar-refractivity contribution in [2.45, 2.75) is 39.2 Å². The van der Waals surface area contributed by atoms with Gasteiger partial charge < -0.3 is 5.32 Å². The summed E-state index contributed by atoms with van der Waals surface area (Å²) >= 11 is 2.19. The summed E-state index contributed by atoms with van der Waals surface area (Å²) in [5.74, 6) is 1.23. The summed E-state index contributed by atoms with van der Waals surface area (Å²) in [6.45, 7) is 4.62. The van der Waals surface area contributed by atoms with Gasteiger partial charge in [-0.3, -0.25) is 0 Å². The van der Waals surface area contributed by atoms with Crippen molar-refractivity contribution in [1.82, 2.24) is 0 Å². The zero-order chi connectivity index (χ0) is 12.4. The Hall–Kier alpha value is -0.320.